The maximum Gasteiger partial charge on any atom is 0.184 e. The molecule has 1 fully saturated rings. The Kier molecular flexibility index (Phi) is 2.17. The topological polar surface area (TPSA) is 24.9 Å². The molecule has 1 atom stereocenters. The number of benzene rings is 1. The van der Waals surface area contributed by atoms with E-state index in [1.807, 2.05) is 18.2 Å². The molecule has 0 radical (unpaired) electrons. The van der Waals surface area contributed by atoms with Crippen molar-refractivity contribution in [3.05, 3.63) is 23.2 Å². The minimum Gasteiger partial charge on any atom is -0.358 e. The van der Waals surface area contributed by atoms with E-state index in [1.165, 1.54) is 6.42 Å². The average molecular weight is 253 g/mol. The highest BCUT2D eigenvalue weighted by Crippen LogP contribution is 2.47. The van der Waals surface area contributed by atoms with Gasteiger partial charge in [0.25, 0.3) is 0 Å². The molecule has 1 aromatic heterocycles. The van der Waals surface area contributed by atoms with E-state index >= 15 is 0 Å². The lowest BCUT2D eigenvalue weighted by atomic mass is 10.2. The Hall–Kier alpha value is -0.800. The lowest BCUT2D eigenvalue weighted by Gasteiger charge is -2.03. The Morgan fingerprint density at radius 1 is 1.50 bits per heavy atom. The highest BCUT2D eigenvalue weighted by molar-refractivity contribution is 7.22. The van der Waals surface area contributed by atoms with Gasteiger partial charge < -0.3 is 5.32 Å². The maximum absolute atomic E-state index is 6.12. The first-order valence-electron chi connectivity index (χ1n) is 5.38. The fraction of sp³-hybridized carbons (Fsp3) is 0.417. The van der Waals surface area contributed by atoms with E-state index in [9.17, 15) is 0 Å². The van der Waals surface area contributed by atoms with Crippen molar-refractivity contribution in [1.29, 1.82) is 0 Å². The number of rotatable bonds is 2. The number of anilines is 1. The molecule has 1 aliphatic rings. The predicted octanol–water partition coefficient (Wildman–Crippen LogP) is 4.16. The minimum absolute atomic E-state index is 0.418. The number of hydrogen-bond donors (Lipinski definition) is 1. The molecule has 0 bridgehead atoms. The van der Waals surface area contributed by atoms with Gasteiger partial charge in [0.05, 0.1) is 15.2 Å². The van der Waals surface area contributed by atoms with E-state index in [2.05, 4.69) is 24.1 Å². The fourth-order valence-corrected chi connectivity index (χ4v) is 3.05. The van der Waals surface area contributed by atoms with Gasteiger partial charge >= 0.3 is 0 Å². The maximum atomic E-state index is 6.12. The first-order valence-corrected chi connectivity index (χ1v) is 6.57. The number of thiazole rings is 1. The van der Waals surface area contributed by atoms with Crippen LogP contribution in [0.5, 0.6) is 0 Å². The molecule has 1 aliphatic carbocycles. The Bertz CT molecular complexity index is 547. The lowest BCUT2D eigenvalue weighted by Crippen LogP contribution is -2.07. The molecule has 0 amide bonds. The lowest BCUT2D eigenvalue weighted by molar-refractivity contribution is 0.630. The summed E-state index contributed by atoms with van der Waals surface area (Å²) in [6.07, 6.45) is 1.22. The van der Waals surface area contributed by atoms with Crippen molar-refractivity contribution in [3.8, 4) is 0 Å². The highest BCUT2D eigenvalue weighted by Gasteiger charge is 2.46. The second-order valence-corrected chi connectivity index (χ2v) is 6.40. The number of halogens is 1. The summed E-state index contributed by atoms with van der Waals surface area (Å²) in [4.78, 5) is 4.54. The van der Waals surface area contributed by atoms with Crippen molar-refractivity contribution in [2.24, 2.45) is 5.41 Å². The quantitative estimate of drug-likeness (QED) is 0.868. The molecule has 2 nitrogen and oxygen atoms in total. The van der Waals surface area contributed by atoms with Crippen LogP contribution in [0, 0.1) is 5.41 Å². The third-order valence-corrected chi connectivity index (χ3v) is 4.64. The van der Waals surface area contributed by atoms with E-state index in [4.69, 9.17) is 11.6 Å². The van der Waals surface area contributed by atoms with Crippen molar-refractivity contribution >= 4 is 38.3 Å². The van der Waals surface area contributed by atoms with Gasteiger partial charge in [0.15, 0.2) is 5.13 Å². The third-order valence-electron chi connectivity index (χ3n) is 3.18. The molecule has 0 spiro atoms. The van der Waals surface area contributed by atoms with Crippen molar-refractivity contribution in [2.75, 3.05) is 5.32 Å². The summed E-state index contributed by atoms with van der Waals surface area (Å²) in [6.45, 7) is 4.54. The van der Waals surface area contributed by atoms with E-state index in [0.717, 1.165) is 20.4 Å². The van der Waals surface area contributed by atoms with Gasteiger partial charge in [-0.05, 0) is 24.0 Å². The highest BCUT2D eigenvalue weighted by atomic mass is 35.5. The second-order valence-electron chi connectivity index (χ2n) is 5.00. The zero-order chi connectivity index (χ0) is 11.3. The van der Waals surface area contributed by atoms with Crippen LogP contribution in [-0.2, 0) is 0 Å². The van der Waals surface area contributed by atoms with Gasteiger partial charge in [-0.1, -0.05) is 42.9 Å². The van der Waals surface area contributed by atoms with Crippen LogP contribution in [-0.4, -0.2) is 11.0 Å². The number of hydrogen-bond acceptors (Lipinski definition) is 3. The Morgan fingerprint density at radius 3 is 2.88 bits per heavy atom. The molecule has 1 unspecified atom stereocenters. The molecular formula is C12H13ClN2S. The molecule has 1 heterocycles. The molecule has 4 heteroatoms. The standard InChI is InChI=1S/C12H13ClN2S/c1-12(2)6-9(12)15-11-14-8-5-3-4-7(13)10(8)16-11/h3-5,9H,6H2,1-2H3,(H,14,15). The number of nitrogens with zero attached hydrogens (tertiary/aromatic N) is 1. The normalized spacial score (nSPS) is 22.3. The Morgan fingerprint density at radius 2 is 2.25 bits per heavy atom. The second kappa shape index (κ2) is 3.34. The number of fused-ring (bicyclic) bond motifs is 1. The van der Waals surface area contributed by atoms with Gasteiger partial charge in [-0.3, -0.25) is 0 Å². The van der Waals surface area contributed by atoms with Crippen molar-refractivity contribution in [3.63, 3.8) is 0 Å². The van der Waals surface area contributed by atoms with Crippen LogP contribution >= 0.6 is 22.9 Å². The summed E-state index contributed by atoms with van der Waals surface area (Å²) in [6, 6.07) is 6.41. The summed E-state index contributed by atoms with van der Waals surface area (Å²) in [5, 5.41) is 5.25. The van der Waals surface area contributed by atoms with Crippen LogP contribution in [0.15, 0.2) is 18.2 Å². The number of aromatic nitrogens is 1. The summed E-state index contributed by atoms with van der Waals surface area (Å²) in [7, 11) is 0. The predicted molar refractivity (Wildman–Crippen MR) is 70.4 cm³/mol. The smallest absolute Gasteiger partial charge is 0.184 e. The Balaban J connectivity index is 1.91. The SMILES string of the molecule is CC1(C)CC1Nc1nc2cccc(Cl)c2s1. The summed E-state index contributed by atoms with van der Waals surface area (Å²) in [5.41, 5.74) is 1.40. The van der Waals surface area contributed by atoms with Gasteiger partial charge in [0.2, 0.25) is 0 Å². The van der Waals surface area contributed by atoms with Gasteiger partial charge in [0, 0.05) is 6.04 Å². The van der Waals surface area contributed by atoms with Gasteiger partial charge in [-0.15, -0.1) is 0 Å². The van der Waals surface area contributed by atoms with Gasteiger partial charge in [-0.25, -0.2) is 4.98 Å². The summed E-state index contributed by atoms with van der Waals surface area (Å²) >= 11 is 7.76. The van der Waals surface area contributed by atoms with E-state index in [-0.39, 0.29) is 0 Å². The third kappa shape index (κ3) is 1.68. The fourth-order valence-electron chi connectivity index (χ4n) is 1.84. The molecule has 0 aliphatic heterocycles. The van der Waals surface area contributed by atoms with Crippen LogP contribution in [0.3, 0.4) is 0 Å². The molecule has 1 N–H and O–H groups in total. The molecule has 1 saturated carbocycles. The Labute approximate surface area is 104 Å². The van der Waals surface area contributed by atoms with Crippen LogP contribution in [0.1, 0.15) is 20.3 Å². The monoisotopic (exact) mass is 252 g/mol. The van der Waals surface area contributed by atoms with Crippen molar-refractivity contribution in [2.45, 2.75) is 26.3 Å². The van der Waals surface area contributed by atoms with Gasteiger partial charge in [0.1, 0.15) is 0 Å². The summed E-state index contributed by atoms with van der Waals surface area (Å²) < 4.78 is 1.07. The minimum atomic E-state index is 0.418. The van der Waals surface area contributed by atoms with E-state index in [0.29, 0.717) is 11.5 Å². The van der Waals surface area contributed by atoms with E-state index in [1.54, 1.807) is 11.3 Å². The average Bonchev–Trinajstić information content (AvgIpc) is 2.64. The first kappa shape index (κ1) is 10.4. The zero-order valence-electron chi connectivity index (χ0n) is 9.25. The number of nitrogens with one attached hydrogen (secondary N) is 1. The van der Waals surface area contributed by atoms with Crippen molar-refractivity contribution in [1.82, 2.24) is 4.98 Å². The zero-order valence-corrected chi connectivity index (χ0v) is 10.8. The molecule has 1 aromatic carbocycles. The van der Waals surface area contributed by atoms with Crippen LogP contribution in [0.2, 0.25) is 5.02 Å². The van der Waals surface area contributed by atoms with Crippen LogP contribution in [0.25, 0.3) is 10.2 Å². The largest absolute Gasteiger partial charge is 0.358 e. The van der Waals surface area contributed by atoms with Gasteiger partial charge in [-0.2, -0.15) is 0 Å². The first-order chi connectivity index (χ1) is 7.56. The molecule has 0 saturated heterocycles. The van der Waals surface area contributed by atoms with Crippen LogP contribution in [0.4, 0.5) is 5.13 Å². The van der Waals surface area contributed by atoms with E-state index < -0.39 is 0 Å². The molecule has 84 valence electrons. The van der Waals surface area contributed by atoms with Crippen LogP contribution < -0.4 is 5.32 Å². The molecule has 16 heavy (non-hydrogen) atoms. The molecule has 2 aromatic rings. The molecule has 3 rings (SSSR count). The van der Waals surface area contributed by atoms with Crippen molar-refractivity contribution < 1.29 is 0 Å². The molecular weight excluding hydrogens is 240 g/mol. The summed E-state index contributed by atoms with van der Waals surface area (Å²) in [5.74, 6) is 0.